The number of carboxylic acids is 2. The van der Waals surface area contributed by atoms with Crippen molar-refractivity contribution >= 4 is 39.4 Å². The van der Waals surface area contributed by atoms with Gasteiger partial charge in [-0.25, -0.2) is 18.2 Å². The zero-order valence-corrected chi connectivity index (χ0v) is 22.2. The van der Waals surface area contributed by atoms with Gasteiger partial charge in [0.2, 0.25) is 10.0 Å². The van der Waals surface area contributed by atoms with Gasteiger partial charge in [0.1, 0.15) is 23.7 Å². The van der Waals surface area contributed by atoms with Crippen LogP contribution in [0.4, 0.5) is 19.0 Å². The first kappa shape index (κ1) is 33.0. The highest BCUT2D eigenvalue weighted by Crippen LogP contribution is 2.17. The molecular weight excluding hydrogens is 575 g/mol. The molecule has 1 amide bonds. The molecule has 1 aromatic carbocycles. The van der Waals surface area contributed by atoms with Crippen molar-refractivity contribution in [1.29, 1.82) is 0 Å². The number of pyridine rings is 1. The van der Waals surface area contributed by atoms with Gasteiger partial charge in [0, 0.05) is 25.7 Å². The summed E-state index contributed by atoms with van der Waals surface area (Å²) in [5.74, 6) is -3.95. The van der Waals surface area contributed by atoms with Crippen molar-refractivity contribution in [2.45, 2.75) is 48.9 Å². The average molecular weight is 604 g/mol. The normalized spacial score (nSPS) is 15.4. The second-order valence-electron chi connectivity index (χ2n) is 8.45. The molecule has 5 N–H and O–H groups in total. The number of hydrogen-bond acceptors (Lipinski definition) is 9. The highest BCUT2D eigenvalue weighted by Gasteiger charge is 2.38. The Morgan fingerprint density at radius 2 is 1.71 bits per heavy atom. The smallest absolute Gasteiger partial charge is 0.480 e. The van der Waals surface area contributed by atoms with E-state index in [1.807, 2.05) is 18.2 Å². The number of halogens is 3. The first-order valence-corrected chi connectivity index (χ1v) is 13.5. The molecule has 0 saturated heterocycles. The third kappa shape index (κ3) is 11.8. The molecule has 1 aromatic heterocycles. The maximum Gasteiger partial charge on any atom is 0.490 e. The molecule has 2 aromatic rings. The van der Waals surface area contributed by atoms with E-state index in [-0.39, 0.29) is 16.7 Å². The van der Waals surface area contributed by atoms with Crippen LogP contribution in [0.15, 0.2) is 64.8 Å². The number of amides is 1. The standard InChI is InChI=1S/C22H27N5O6S.C2HF3O2/c28-21(25-15-19(22(29)30)27-34(31,32)17-9-2-1-3-10-17)18-14-16(33-26-18)8-4-6-12-23-20-11-5-7-13-24-20;3-2(4,5)1(6)7/h1-3,5,7,9-11,13,16,19,27H,4,6,8,12,14-15H2,(H,23,24)(H,25,28)(H,29,30);(H,6,7). The topological polar surface area (TPSA) is 196 Å². The van der Waals surface area contributed by atoms with Gasteiger partial charge in [-0.15, -0.1) is 0 Å². The molecule has 13 nitrogen and oxygen atoms in total. The van der Waals surface area contributed by atoms with Crippen molar-refractivity contribution in [1.82, 2.24) is 15.0 Å². The van der Waals surface area contributed by atoms with Gasteiger partial charge >= 0.3 is 18.1 Å². The first-order chi connectivity index (χ1) is 19.3. The predicted octanol–water partition coefficient (Wildman–Crippen LogP) is 1.99. The first-order valence-electron chi connectivity index (χ1n) is 12.1. The predicted molar refractivity (Wildman–Crippen MR) is 138 cm³/mol. The highest BCUT2D eigenvalue weighted by molar-refractivity contribution is 7.89. The minimum atomic E-state index is -5.08. The van der Waals surface area contributed by atoms with E-state index in [4.69, 9.17) is 14.7 Å². The lowest BCUT2D eigenvalue weighted by Crippen LogP contribution is -2.49. The molecule has 41 heavy (non-hydrogen) atoms. The van der Waals surface area contributed by atoms with Crippen molar-refractivity contribution < 1.29 is 51.0 Å². The Morgan fingerprint density at radius 1 is 1.05 bits per heavy atom. The van der Waals surface area contributed by atoms with Crippen molar-refractivity contribution in [3.05, 3.63) is 54.7 Å². The van der Waals surface area contributed by atoms with Crippen LogP contribution >= 0.6 is 0 Å². The second-order valence-corrected chi connectivity index (χ2v) is 10.2. The van der Waals surface area contributed by atoms with Gasteiger partial charge in [0.15, 0.2) is 0 Å². The summed E-state index contributed by atoms with van der Waals surface area (Å²) in [6.07, 6.45) is -0.847. The van der Waals surface area contributed by atoms with Gasteiger partial charge < -0.3 is 25.7 Å². The number of oxime groups is 1. The summed E-state index contributed by atoms with van der Waals surface area (Å²) >= 11 is 0. The SMILES string of the molecule is O=C(NCC(NS(=O)(=O)c1ccccc1)C(=O)O)C1=NOC(CCCCNc2ccccn2)C1.O=C(O)C(F)(F)F. The van der Waals surface area contributed by atoms with Crippen molar-refractivity contribution in [2.75, 3.05) is 18.4 Å². The quantitative estimate of drug-likeness (QED) is 0.211. The lowest BCUT2D eigenvalue weighted by Gasteiger charge is -2.15. The fraction of sp³-hybridized carbons (Fsp3) is 0.375. The zero-order chi connectivity index (χ0) is 30.5. The van der Waals surface area contributed by atoms with Gasteiger partial charge in [-0.1, -0.05) is 29.4 Å². The molecule has 2 unspecified atom stereocenters. The number of nitrogens with zero attached hydrogens (tertiary/aromatic N) is 2. The number of benzene rings is 1. The fourth-order valence-corrected chi connectivity index (χ4v) is 4.44. The number of anilines is 1. The summed E-state index contributed by atoms with van der Waals surface area (Å²) in [6, 6.07) is 11.5. The maximum absolute atomic E-state index is 12.4. The summed E-state index contributed by atoms with van der Waals surface area (Å²) in [5, 5.41) is 25.9. The molecule has 2 heterocycles. The highest BCUT2D eigenvalue weighted by atomic mass is 32.2. The van der Waals surface area contributed by atoms with Gasteiger partial charge in [-0.05, 0) is 43.5 Å². The Labute approximate surface area is 232 Å². The number of carboxylic acid groups (broad SMARTS) is 2. The Balaban J connectivity index is 0.000000745. The Bertz CT molecular complexity index is 1300. The molecule has 0 fully saturated rings. The average Bonchev–Trinajstić information content (AvgIpc) is 3.40. The number of nitrogens with one attached hydrogen (secondary N) is 3. The van der Waals surface area contributed by atoms with E-state index in [2.05, 4.69) is 25.5 Å². The number of alkyl halides is 3. The van der Waals surface area contributed by atoms with Crippen LogP contribution in [0.2, 0.25) is 0 Å². The van der Waals surface area contributed by atoms with Crippen LogP contribution in [0, 0.1) is 0 Å². The van der Waals surface area contributed by atoms with Crippen LogP contribution in [0.25, 0.3) is 0 Å². The number of carbonyl (C=O) groups excluding carboxylic acids is 1. The van der Waals surface area contributed by atoms with Crippen LogP contribution in [-0.4, -0.2) is 78.6 Å². The van der Waals surface area contributed by atoms with Crippen molar-refractivity contribution in [3.8, 4) is 0 Å². The molecule has 0 radical (unpaired) electrons. The van der Waals surface area contributed by atoms with E-state index < -0.39 is 46.6 Å². The van der Waals surface area contributed by atoms with Crippen LogP contribution in [0.5, 0.6) is 0 Å². The molecule has 0 spiro atoms. The van der Waals surface area contributed by atoms with Crippen LogP contribution < -0.4 is 15.4 Å². The molecule has 3 rings (SSSR count). The van der Waals surface area contributed by atoms with Crippen molar-refractivity contribution in [2.24, 2.45) is 5.16 Å². The largest absolute Gasteiger partial charge is 0.490 e. The van der Waals surface area contributed by atoms with E-state index in [1.54, 1.807) is 12.3 Å². The molecule has 224 valence electrons. The van der Waals surface area contributed by atoms with Crippen molar-refractivity contribution in [3.63, 3.8) is 0 Å². The third-order valence-corrected chi connectivity index (χ3v) is 6.76. The number of aliphatic carboxylic acids is 2. The van der Waals surface area contributed by atoms with Crippen LogP contribution in [0.1, 0.15) is 25.7 Å². The van der Waals surface area contributed by atoms with Gasteiger partial charge in [0.05, 0.1) is 4.90 Å². The van der Waals surface area contributed by atoms with E-state index >= 15 is 0 Å². The zero-order valence-electron chi connectivity index (χ0n) is 21.4. The summed E-state index contributed by atoms with van der Waals surface area (Å²) in [4.78, 5) is 42.2. The Hall–Kier alpha value is -4.25. The molecule has 0 saturated carbocycles. The number of hydrogen-bond donors (Lipinski definition) is 5. The summed E-state index contributed by atoms with van der Waals surface area (Å²) in [7, 11) is -4.06. The number of unbranched alkanes of at least 4 members (excludes halogenated alkanes) is 1. The number of sulfonamides is 1. The van der Waals surface area contributed by atoms with Crippen LogP contribution in [-0.2, 0) is 29.2 Å². The van der Waals surface area contributed by atoms with E-state index in [0.717, 1.165) is 25.2 Å². The van der Waals surface area contributed by atoms with E-state index in [9.17, 15) is 36.3 Å². The summed E-state index contributed by atoms with van der Waals surface area (Å²) < 4.78 is 58.6. The van der Waals surface area contributed by atoms with Gasteiger partial charge in [-0.2, -0.15) is 17.9 Å². The van der Waals surface area contributed by atoms with E-state index in [0.29, 0.717) is 12.8 Å². The molecular formula is C24H28F3N5O8S. The number of aromatic nitrogens is 1. The van der Waals surface area contributed by atoms with Gasteiger partial charge in [-0.3, -0.25) is 9.59 Å². The molecule has 0 bridgehead atoms. The third-order valence-electron chi connectivity index (χ3n) is 5.28. The molecule has 0 aliphatic carbocycles. The molecule has 1 aliphatic heterocycles. The minimum absolute atomic E-state index is 0.0702. The summed E-state index contributed by atoms with van der Waals surface area (Å²) in [6.45, 7) is 0.316. The number of rotatable bonds is 13. The molecule has 2 atom stereocenters. The summed E-state index contributed by atoms with van der Waals surface area (Å²) in [5.41, 5.74) is 0.145. The monoisotopic (exact) mass is 603 g/mol. The Kier molecular flexibility index (Phi) is 12.5. The number of carbonyl (C=O) groups is 3. The Morgan fingerprint density at radius 3 is 2.29 bits per heavy atom. The fourth-order valence-electron chi connectivity index (χ4n) is 3.23. The minimum Gasteiger partial charge on any atom is -0.480 e. The second kappa shape index (κ2) is 15.5. The molecule has 1 aliphatic rings. The van der Waals surface area contributed by atoms with Crippen LogP contribution in [0.3, 0.4) is 0 Å². The van der Waals surface area contributed by atoms with Gasteiger partial charge in [0.25, 0.3) is 5.91 Å². The lowest BCUT2D eigenvalue weighted by molar-refractivity contribution is -0.192. The maximum atomic E-state index is 12.4. The molecule has 17 heteroatoms. The van der Waals surface area contributed by atoms with E-state index in [1.165, 1.54) is 24.3 Å². The lowest BCUT2D eigenvalue weighted by atomic mass is 10.1.